The Labute approximate surface area is 143 Å². The van der Waals surface area contributed by atoms with E-state index in [-0.39, 0.29) is 18.1 Å². The predicted octanol–water partition coefficient (Wildman–Crippen LogP) is 0.575. The van der Waals surface area contributed by atoms with Crippen molar-refractivity contribution >= 4 is 11.7 Å². The maximum atomic E-state index is 12.8. The van der Waals surface area contributed by atoms with Gasteiger partial charge in [-0.3, -0.25) is 18.7 Å². The molecule has 132 valence electrons. The highest BCUT2D eigenvalue weighted by atomic mass is 16.5. The lowest BCUT2D eigenvalue weighted by molar-refractivity contribution is -0.116. The highest BCUT2D eigenvalue weighted by molar-refractivity contribution is 5.94. The summed E-state index contributed by atoms with van der Waals surface area (Å²) < 4.78 is 13.1. The number of hydrogen-bond donors (Lipinski definition) is 1. The molecule has 1 aromatic carbocycles. The Hall–Kier alpha value is -3.03. The van der Waals surface area contributed by atoms with Crippen LogP contribution in [0.2, 0.25) is 0 Å². The van der Waals surface area contributed by atoms with Gasteiger partial charge in [-0.15, -0.1) is 0 Å². The number of benzene rings is 1. The van der Waals surface area contributed by atoms with Gasteiger partial charge in [0.05, 0.1) is 19.8 Å². The van der Waals surface area contributed by atoms with Crippen LogP contribution in [-0.2, 0) is 18.9 Å². The Balaban J connectivity index is 2.34. The molecule has 8 nitrogen and oxygen atoms in total. The van der Waals surface area contributed by atoms with Crippen LogP contribution < -0.4 is 26.0 Å². The largest absolute Gasteiger partial charge is 0.493 e. The number of para-hydroxylation sites is 1. The van der Waals surface area contributed by atoms with Gasteiger partial charge in [-0.25, -0.2) is 4.79 Å². The quantitative estimate of drug-likeness (QED) is 0.878. The van der Waals surface area contributed by atoms with Gasteiger partial charge in [-0.2, -0.15) is 0 Å². The number of rotatable bonds is 3. The summed E-state index contributed by atoms with van der Waals surface area (Å²) in [6.45, 7) is 0. The summed E-state index contributed by atoms with van der Waals surface area (Å²) in [4.78, 5) is 37.1. The van der Waals surface area contributed by atoms with Gasteiger partial charge in [-0.1, -0.05) is 12.1 Å². The second-order valence-electron chi connectivity index (χ2n) is 5.86. The Morgan fingerprint density at radius 1 is 1.08 bits per heavy atom. The van der Waals surface area contributed by atoms with Gasteiger partial charge in [0.2, 0.25) is 5.91 Å². The van der Waals surface area contributed by atoms with Gasteiger partial charge in [-0.05, 0) is 6.07 Å². The molecule has 2 aromatic rings. The molecule has 0 aliphatic carbocycles. The van der Waals surface area contributed by atoms with Crippen molar-refractivity contribution in [3.63, 3.8) is 0 Å². The third-order valence-electron chi connectivity index (χ3n) is 4.50. The van der Waals surface area contributed by atoms with Crippen molar-refractivity contribution in [2.24, 2.45) is 14.1 Å². The Bertz CT molecular complexity index is 973. The van der Waals surface area contributed by atoms with Crippen LogP contribution in [0.15, 0.2) is 27.8 Å². The van der Waals surface area contributed by atoms with E-state index in [1.54, 1.807) is 18.2 Å². The van der Waals surface area contributed by atoms with Crippen LogP contribution in [0, 0.1) is 0 Å². The highest BCUT2D eigenvalue weighted by Gasteiger charge is 2.34. The predicted molar refractivity (Wildman–Crippen MR) is 91.6 cm³/mol. The zero-order valence-electron chi connectivity index (χ0n) is 14.5. The zero-order valence-corrected chi connectivity index (χ0v) is 14.5. The van der Waals surface area contributed by atoms with Crippen molar-refractivity contribution in [1.82, 2.24) is 9.13 Å². The fourth-order valence-corrected chi connectivity index (χ4v) is 3.26. The molecule has 1 aliphatic heterocycles. The molecular formula is C17H19N3O5. The summed E-state index contributed by atoms with van der Waals surface area (Å²) in [7, 11) is 5.96. The fourth-order valence-electron chi connectivity index (χ4n) is 3.26. The van der Waals surface area contributed by atoms with E-state index in [2.05, 4.69) is 5.32 Å². The van der Waals surface area contributed by atoms with Gasteiger partial charge >= 0.3 is 5.69 Å². The lowest BCUT2D eigenvalue weighted by Gasteiger charge is -2.28. The van der Waals surface area contributed by atoms with Crippen LogP contribution in [0.5, 0.6) is 11.5 Å². The first-order valence-corrected chi connectivity index (χ1v) is 7.71. The molecule has 1 aromatic heterocycles. The number of carbonyl (C=O) groups excluding carboxylic acids is 1. The van der Waals surface area contributed by atoms with Crippen LogP contribution in [-0.4, -0.2) is 29.3 Å². The van der Waals surface area contributed by atoms with E-state index < -0.39 is 17.2 Å². The van der Waals surface area contributed by atoms with Gasteiger partial charge in [0.25, 0.3) is 5.56 Å². The van der Waals surface area contributed by atoms with Gasteiger partial charge < -0.3 is 14.8 Å². The van der Waals surface area contributed by atoms with Crippen molar-refractivity contribution in [1.29, 1.82) is 0 Å². The Morgan fingerprint density at radius 2 is 1.80 bits per heavy atom. The highest BCUT2D eigenvalue weighted by Crippen LogP contribution is 2.42. The molecule has 0 bridgehead atoms. The topological polar surface area (TPSA) is 91.6 Å². The second-order valence-corrected chi connectivity index (χ2v) is 5.86. The minimum Gasteiger partial charge on any atom is -0.493 e. The monoisotopic (exact) mass is 345 g/mol. The summed E-state index contributed by atoms with van der Waals surface area (Å²) >= 11 is 0. The molecule has 2 heterocycles. The summed E-state index contributed by atoms with van der Waals surface area (Å²) in [6.07, 6.45) is 0.0734. The molecular weight excluding hydrogens is 326 g/mol. The smallest absolute Gasteiger partial charge is 0.332 e. The van der Waals surface area contributed by atoms with Crippen molar-refractivity contribution in [2.45, 2.75) is 12.3 Å². The molecule has 0 unspecified atom stereocenters. The van der Waals surface area contributed by atoms with Crippen LogP contribution in [0.1, 0.15) is 23.5 Å². The van der Waals surface area contributed by atoms with E-state index in [1.807, 2.05) is 0 Å². The second kappa shape index (κ2) is 6.12. The van der Waals surface area contributed by atoms with Crippen LogP contribution in [0.25, 0.3) is 0 Å². The van der Waals surface area contributed by atoms with Crippen LogP contribution >= 0.6 is 0 Å². The van der Waals surface area contributed by atoms with E-state index in [0.29, 0.717) is 22.6 Å². The van der Waals surface area contributed by atoms with Crippen molar-refractivity contribution in [3.05, 3.63) is 50.2 Å². The number of aromatic nitrogens is 2. The van der Waals surface area contributed by atoms with E-state index in [0.717, 1.165) is 4.57 Å². The molecule has 3 rings (SSSR count). The molecule has 0 radical (unpaired) electrons. The summed E-state index contributed by atoms with van der Waals surface area (Å²) in [5.41, 5.74) is 0.0831. The lowest BCUT2D eigenvalue weighted by atomic mass is 9.86. The maximum Gasteiger partial charge on any atom is 0.332 e. The Morgan fingerprint density at radius 3 is 2.44 bits per heavy atom. The average Bonchev–Trinajstić information content (AvgIpc) is 2.62. The fraction of sp³-hybridized carbons (Fsp3) is 0.353. The molecule has 25 heavy (non-hydrogen) atoms. The van der Waals surface area contributed by atoms with E-state index in [4.69, 9.17) is 9.47 Å². The van der Waals surface area contributed by atoms with Crippen molar-refractivity contribution in [2.75, 3.05) is 19.5 Å². The molecule has 1 amide bonds. The standard InChI is InChI=1S/C17H19N3O5/c1-19-15-13(16(22)20(2)17(19)23)10(8-12(21)18-15)9-6-5-7-11(24-3)14(9)25-4/h5-7,10H,8H2,1-4H3,(H,18,21)/t10-/m0/s1. The van der Waals surface area contributed by atoms with Gasteiger partial charge in [0, 0.05) is 32.0 Å². The molecule has 0 saturated heterocycles. The minimum absolute atomic E-state index is 0.0734. The number of carbonyl (C=O) groups is 1. The minimum atomic E-state index is -0.542. The zero-order chi connectivity index (χ0) is 18.3. The van der Waals surface area contributed by atoms with E-state index in [1.165, 1.54) is 32.9 Å². The van der Waals surface area contributed by atoms with E-state index >= 15 is 0 Å². The molecule has 0 fully saturated rings. The molecule has 0 saturated carbocycles. The van der Waals surface area contributed by atoms with Gasteiger partial charge in [0.1, 0.15) is 5.82 Å². The first-order valence-electron chi connectivity index (χ1n) is 7.71. The number of fused-ring (bicyclic) bond motifs is 1. The first-order chi connectivity index (χ1) is 11.9. The molecule has 1 aliphatic rings. The molecule has 8 heteroatoms. The third-order valence-corrected chi connectivity index (χ3v) is 4.50. The first kappa shape index (κ1) is 16.8. The molecule has 1 N–H and O–H groups in total. The number of nitrogens with one attached hydrogen (secondary N) is 1. The number of methoxy groups -OCH3 is 2. The number of nitrogens with zero attached hydrogens (tertiary/aromatic N) is 2. The van der Waals surface area contributed by atoms with Crippen LogP contribution in [0.4, 0.5) is 5.82 Å². The number of ether oxygens (including phenoxy) is 2. The Kier molecular flexibility index (Phi) is 4.12. The van der Waals surface area contributed by atoms with Gasteiger partial charge in [0.15, 0.2) is 11.5 Å². The summed E-state index contributed by atoms with van der Waals surface area (Å²) in [6, 6.07) is 5.30. The van der Waals surface area contributed by atoms with Crippen molar-refractivity contribution in [3.8, 4) is 11.5 Å². The number of amides is 1. The summed E-state index contributed by atoms with van der Waals surface area (Å²) in [5.74, 6) is 0.380. The van der Waals surface area contributed by atoms with E-state index in [9.17, 15) is 14.4 Å². The normalized spacial score (nSPS) is 16.2. The van der Waals surface area contributed by atoms with Crippen molar-refractivity contribution < 1.29 is 14.3 Å². The summed E-state index contributed by atoms with van der Waals surface area (Å²) in [5, 5.41) is 2.64. The maximum absolute atomic E-state index is 12.8. The molecule has 1 atom stereocenters. The number of anilines is 1. The third kappa shape index (κ3) is 2.50. The van der Waals surface area contributed by atoms with Crippen LogP contribution in [0.3, 0.4) is 0 Å². The SMILES string of the molecule is COc1cccc([C@@H]2CC(=O)Nc3c2c(=O)n(C)c(=O)n3C)c1OC. The number of hydrogen-bond acceptors (Lipinski definition) is 5. The lowest BCUT2D eigenvalue weighted by Crippen LogP contribution is -2.44. The average molecular weight is 345 g/mol. The molecule has 0 spiro atoms.